The first-order valence-corrected chi connectivity index (χ1v) is 7.87. The van der Waals surface area contributed by atoms with Crippen LogP contribution >= 0.6 is 0 Å². The monoisotopic (exact) mass is 322 g/mol. The lowest BCUT2D eigenvalue weighted by atomic mass is 10.00. The zero-order valence-electron chi connectivity index (χ0n) is 11.9. The molecule has 0 amide bonds. The lowest BCUT2D eigenvalue weighted by Crippen LogP contribution is -2.34. The van der Waals surface area contributed by atoms with Gasteiger partial charge in [0.2, 0.25) is 0 Å². The molecular formula is C14H14N2O5S. The largest absolute Gasteiger partial charge is 0.508 e. The maximum absolute atomic E-state index is 11.4. The average Bonchev–Trinajstić information content (AvgIpc) is 2.42. The van der Waals surface area contributed by atoms with Gasteiger partial charge in [-0.15, -0.1) is 0 Å². The summed E-state index contributed by atoms with van der Waals surface area (Å²) in [6.45, 7) is 1.58. The second kappa shape index (κ2) is 4.85. The highest BCUT2D eigenvalue weighted by molar-refractivity contribution is 7.85. The Morgan fingerprint density at radius 2 is 2.09 bits per heavy atom. The molecular weight excluding hydrogens is 308 g/mol. The Balaban J connectivity index is 2.17. The Morgan fingerprint density at radius 1 is 1.36 bits per heavy atom. The minimum Gasteiger partial charge on any atom is -0.508 e. The van der Waals surface area contributed by atoms with Crippen molar-refractivity contribution in [2.45, 2.75) is 17.9 Å². The van der Waals surface area contributed by atoms with Crippen LogP contribution in [0.25, 0.3) is 0 Å². The number of aliphatic hydroxyl groups excluding tert-OH is 1. The molecule has 3 N–H and O–H groups in total. The summed E-state index contributed by atoms with van der Waals surface area (Å²) in [5.74, 6) is 0.445. The van der Waals surface area contributed by atoms with Crippen LogP contribution < -0.4 is 5.32 Å². The molecule has 116 valence electrons. The highest BCUT2D eigenvalue weighted by atomic mass is 32.2. The number of ether oxygens (including phenoxy) is 1. The third-order valence-electron chi connectivity index (χ3n) is 3.51. The molecule has 0 bridgehead atoms. The highest BCUT2D eigenvalue weighted by Gasteiger charge is 2.29. The fourth-order valence-corrected chi connectivity index (χ4v) is 3.24. The topological polar surface area (TPSA) is 108 Å². The zero-order valence-corrected chi connectivity index (χ0v) is 12.7. The molecule has 0 saturated carbocycles. The smallest absolute Gasteiger partial charge is 0.294 e. The summed E-state index contributed by atoms with van der Waals surface area (Å²) in [6.07, 6.45) is 3.01. The molecule has 1 unspecified atom stereocenters. The fraction of sp³-hybridized carbons (Fsp3) is 0.214. The molecule has 3 rings (SSSR count). The Bertz CT molecular complexity index is 852. The third kappa shape index (κ3) is 2.36. The molecule has 1 aliphatic heterocycles. The standard InChI is InChI=1S/C14H14N2O5S/c1-7-3-9-10(6-13(7)22(18,19)20)16-14-11(15-9)4-8(17)5-12(14)21-2/h3-6,11,15,17H,1-2H3,(H,18,19,20). The van der Waals surface area contributed by atoms with Crippen LogP contribution in [-0.2, 0) is 14.9 Å². The van der Waals surface area contributed by atoms with E-state index < -0.39 is 10.1 Å². The van der Waals surface area contributed by atoms with Crippen molar-refractivity contribution >= 4 is 27.2 Å². The van der Waals surface area contributed by atoms with Crippen molar-refractivity contribution in [3.05, 3.63) is 41.4 Å². The van der Waals surface area contributed by atoms with Gasteiger partial charge < -0.3 is 15.2 Å². The van der Waals surface area contributed by atoms with Gasteiger partial charge in [0, 0.05) is 6.08 Å². The number of benzene rings is 1. The molecule has 8 heteroatoms. The van der Waals surface area contributed by atoms with E-state index in [9.17, 15) is 18.1 Å². The van der Waals surface area contributed by atoms with Gasteiger partial charge in [0.05, 0.1) is 29.4 Å². The number of anilines is 1. The molecule has 1 aromatic rings. The van der Waals surface area contributed by atoms with Crippen molar-refractivity contribution in [2.75, 3.05) is 12.4 Å². The lowest BCUT2D eigenvalue weighted by Gasteiger charge is -2.28. The molecule has 0 fully saturated rings. The minimum atomic E-state index is -4.32. The summed E-state index contributed by atoms with van der Waals surface area (Å²) >= 11 is 0. The molecule has 7 nitrogen and oxygen atoms in total. The van der Waals surface area contributed by atoms with E-state index in [2.05, 4.69) is 10.3 Å². The van der Waals surface area contributed by atoms with Crippen molar-refractivity contribution in [2.24, 2.45) is 4.99 Å². The maximum Gasteiger partial charge on any atom is 0.294 e. The molecule has 2 aliphatic rings. The molecule has 1 atom stereocenters. The molecule has 0 radical (unpaired) electrons. The number of fused-ring (bicyclic) bond motifs is 2. The number of hydrogen-bond donors (Lipinski definition) is 3. The van der Waals surface area contributed by atoms with Gasteiger partial charge in [-0.2, -0.15) is 8.42 Å². The fourth-order valence-electron chi connectivity index (χ4n) is 2.52. The van der Waals surface area contributed by atoms with Gasteiger partial charge in [-0.25, -0.2) is 4.99 Å². The van der Waals surface area contributed by atoms with Crippen LogP contribution in [0.2, 0.25) is 0 Å². The van der Waals surface area contributed by atoms with Crippen LogP contribution in [0, 0.1) is 6.92 Å². The highest BCUT2D eigenvalue weighted by Crippen LogP contribution is 2.36. The summed E-state index contributed by atoms with van der Waals surface area (Å²) in [7, 11) is -2.86. The number of hydrogen-bond acceptors (Lipinski definition) is 6. The van der Waals surface area contributed by atoms with Crippen molar-refractivity contribution in [1.82, 2.24) is 0 Å². The van der Waals surface area contributed by atoms with Crippen LogP contribution in [0.15, 0.2) is 45.7 Å². The van der Waals surface area contributed by atoms with Gasteiger partial charge in [0.1, 0.15) is 17.2 Å². The first kappa shape index (κ1) is 14.6. The van der Waals surface area contributed by atoms with Gasteiger partial charge in [-0.1, -0.05) is 0 Å². The molecule has 1 aromatic carbocycles. The number of methoxy groups -OCH3 is 1. The Hall–Kier alpha value is -2.32. The molecule has 22 heavy (non-hydrogen) atoms. The first-order valence-electron chi connectivity index (χ1n) is 6.43. The van der Waals surface area contributed by atoms with E-state index in [1.165, 1.54) is 19.3 Å². The molecule has 1 heterocycles. The first-order chi connectivity index (χ1) is 10.3. The number of aliphatic imine (C=N–C) groups is 1. The SMILES string of the molecule is COC1=CC(O)=CC2Nc3cc(C)c(S(=O)(=O)O)cc3N=C12. The Labute approximate surface area is 127 Å². The molecule has 1 aliphatic carbocycles. The predicted molar refractivity (Wildman–Crippen MR) is 81.3 cm³/mol. The van der Waals surface area contributed by atoms with Crippen LogP contribution in [0.5, 0.6) is 0 Å². The van der Waals surface area contributed by atoms with E-state index in [1.54, 1.807) is 19.1 Å². The van der Waals surface area contributed by atoms with Crippen molar-refractivity contribution < 1.29 is 22.8 Å². The van der Waals surface area contributed by atoms with Crippen LogP contribution in [0.4, 0.5) is 11.4 Å². The van der Waals surface area contributed by atoms with Gasteiger partial charge >= 0.3 is 0 Å². The number of nitrogens with one attached hydrogen (secondary N) is 1. The summed E-state index contributed by atoms with van der Waals surface area (Å²) < 4.78 is 37.2. The number of aryl methyl sites for hydroxylation is 1. The summed E-state index contributed by atoms with van der Waals surface area (Å²) in [4.78, 5) is 4.21. The van der Waals surface area contributed by atoms with Gasteiger partial charge in [-0.05, 0) is 30.7 Å². The summed E-state index contributed by atoms with van der Waals surface area (Å²) in [5, 5.41) is 12.8. The number of aliphatic hydroxyl groups is 1. The molecule has 0 saturated heterocycles. The minimum absolute atomic E-state index is 0.0584. The second-order valence-electron chi connectivity index (χ2n) is 5.03. The van der Waals surface area contributed by atoms with Crippen molar-refractivity contribution in [3.8, 4) is 0 Å². The summed E-state index contributed by atoms with van der Waals surface area (Å²) in [6, 6.07) is 2.53. The number of rotatable bonds is 2. The van der Waals surface area contributed by atoms with E-state index >= 15 is 0 Å². The van der Waals surface area contributed by atoms with Crippen molar-refractivity contribution in [1.29, 1.82) is 0 Å². The number of nitrogens with zero attached hydrogens (tertiary/aromatic N) is 1. The normalized spacial score (nSPS) is 20.0. The van der Waals surface area contributed by atoms with E-state index in [4.69, 9.17) is 4.74 Å². The number of allylic oxidation sites excluding steroid dienone is 1. The van der Waals surface area contributed by atoms with Crippen LogP contribution in [0.3, 0.4) is 0 Å². The van der Waals surface area contributed by atoms with E-state index in [-0.39, 0.29) is 16.7 Å². The zero-order chi connectivity index (χ0) is 16.1. The van der Waals surface area contributed by atoms with Crippen LogP contribution in [-0.4, -0.2) is 36.9 Å². The van der Waals surface area contributed by atoms with Crippen molar-refractivity contribution in [3.63, 3.8) is 0 Å². The second-order valence-corrected chi connectivity index (χ2v) is 6.42. The summed E-state index contributed by atoms with van der Waals surface area (Å²) in [5.41, 5.74) is 1.92. The van der Waals surface area contributed by atoms with E-state index in [0.717, 1.165) is 0 Å². The Kier molecular flexibility index (Phi) is 3.22. The molecule has 0 spiro atoms. The quantitative estimate of drug-likeness (QED) is 0.720. The third-order valence-corrected chi connectivity index (χ3v) is 4.50. The van der Waals surface area contributed by atoms with Crippen LogP contribution in [0.1, 0.15) is 5.56 Å². The van der Waals surface area contributed by atoms with E-state index in [1.807, 2.05) is 0 Å². The maximum atomic E-state index is 11.4. The van der Waals surface area contributed by atoms with Gasteiger partial charge in [-0.3, -0.25) is 4.55 Å². The lowest BCUT2D eigenvalue weighted by molar-refractivity contribution is 0.307. The predicted octanol–water partition coefficient (Wildman–Crippen LogP) is 2.09. The van der Waals surface area contributed by atoms with Gasteiger partial charge in [0.15, 0.2) is 0 Å². The molecule has 0 aromatic heterocycles. The Morgan fingerprint density at radius 3 is 2.73 bits per heavy atom. The van der Waals surface area contributed by atoms with Gasteiger partial charge in [0.25, 0.3) is 10.1 Å². The average molecular weight is 322 g/mol. The van der Waals surface area contributed by atoms with E-state index in [0.29, 0.717) is 28.4 Å².